The minimum absolute atomic E-state index is 0.565. The summed E-state index contributed by atoms with van der Waals surface area (Å²) >= 11 is 18.4. The first-order valence-corrected chi connectivity index (χ1v) is 6.73. The maximum absolute atomic E-state index is 6.24. The Balaban J connectivity index is 2.55. The lowest BCUT2D eigenvalue weighted by molar-refractivity contribution is 0.663. The molecule has 0 radical (unpaired) electrons. The largest absolute Gasteiger partial charge is 0.456 e. The van der Waals surface area contributed by atoms with Gasteiger partial charge in [-0.3, -0.25) is 0 Å². The van der Waals surface area contributed by atoms with E-state index in [9.17, 15) is 0 Å². The highest BCUT2D eigenvalue weighted by Gasteiger charge is 2.14. The molecule has 1 aromatic heterocycles. The van der Waals surface area contributed by atoms with Gasteiger partial charge in [-0.1, -0.05) is 41.7 Å². The van der Waals surface area contributed by atoms with Crippen LogP contribution in [0.3, 0.4) is 0 Å². The smallest absolute Gasteiger partial charge is 0.138 e. The Kier molecular flexibility index (Phi) is 2.93. The minimum atomic E-state index is 0.565. The van der Waals surface area contributed by atoms with Crippen LogP contribution in [0.2, 0.25) is 15.1 Å². The molecule has 1 heterocycles. The summed E-state index contributed by atoms with van der Waals surface area (Å²) < 4.78 is 5.86. The van der Waals surface area contributed by atoms with Crippen LogP contribution >= 0.6 is 34.8 Å². The zero-order valence-corrected chi connectivity index (χ0v) is 11.8. The third-order valence-corrected chi connectivity index (χ3v) is 3.75. The fourth-order valence-electron chi connectivity index (χ4n) is 2.22. The number of hydrogen-bond acceptors (Lipinski definition) is 1. The SMILES string of the molecule is CCc1cc(Cl)cc2c1oc1cc(Cl)cc(Cl)c12. The summed E-state index contributed by atoms with van der Waals surface area (Å²) in [6, 6.07) is 7.28. The van der Waals surface area contributed by atoms with Crippen molar-refractivity contribution in [2.75, 3.05) is 0 Å². The highest BCUT2D eigenvalue weighted by molar-refractivity contribution is 6.40. The van der Waals surface area contributed by atoms with Gasteiger partial charge in [0.25, 0.3) is 0 Å². The van der Waals surface area contributed by atoms with Crippen molar-refractivity contribution in [3.63, 3.8) is 0 Å². The second-order valence-electron chi connectivity index (χ2n) is 4.16. The molecule has 0 aliphatic carbocycles. The Bertz CT molecular complexity index is 759. The van der Waals surface area contributed by atoms with Crippen molar-refractivity contribution < 1.29 is 4.42 Å². The monoisotopic (exact) mass is 298 g/mol. The molecule has 0 unspecified atom stereocenters. The number of fused-ring (bicyclic) bond motifs is 3. The maximum Gasteiger partial charge on any atom is 0.138 e. The first-order valence-electron chi connectivity index (χ1n) is 5.60. The van der Waals surface area contributed by atoms with Gasteiger partial charge in [0.15, 0.2) is 0 Å². The average Bonchev–Trinajstić information content (AvgIpc) is 2.65. The van der Waals surface area contributed by atoms with Crippen LogP contribution in [0.15, 0.2) is 28.7 Å². The van der Waals surface area contributed by atoms with Gasteiger partial charge >= 0.3 is 0 Å². The Morgan fingerprint density at radius 1 is 1.00 bits per heavy atom. The molecule has 0 saturated carbocycles. The predicted molar refractivity (Wildman–Crippen MR) is 78.1 cm³/mol. The molecule has 0 fully saturated rings. The van der Waals surface area contributed by atoms with Crippen LogP contribution in [0.4, 0.5) is 0 Å². The lowest BCUT2D eigenvalue weighted by atomic mass is 10.1. The van der Waals surface area contributed by atoms with Gasteiger partial charge in [-0.15, -0.1) is 0 Å². The quantitative estimate of drug-likeness (QED) is 0.528. The summed E-state index contributed by atoms with van der Waals surface area (Å²) in [5.41, 5.74) is 2.60. The van der Waals surface area contributed by atoms with Gasteiger partial charge in [0.2, 0.25) is 0 Å². The van der Waals surface area contributed by atoms with E-state index >= 15 is 0 Å². The molecule has 4 heteroatoms. The van der Waals surface area contributed by atoms with E-state index in [1.807, 2.05) is 12.1 Å². The van der Waals surface area contributed by atoms with Gasteiger partial charge in [0.05, 0.1) is 5.02 Å². The van der Waals surface area contributed by atoms with E-state index in [0.717, 1.165) is 28.3 Å². The first-order chi connectivity index (χ1) is 8.60. The van der Waals surface area contributed by atoms with Gasteiger partial charge in [-0.2, -0.15) is 0 Å². The summed E-state index contributed by atoms with van der Waals surface area (Å²) in [6.07, 6.45) is 0.849. The van der Waals surface area contributed by atoms with Gasteiger partial charge in [-0.05, 0) is 30.2 Å². The van der Waals surface area contributed by atoms with E-state index in [4.69, 9.17) is 39.2 Å². The Morgan fingerprint density at radius 3 is 2.44 bits per heavy atom. The lowest BCUT2D eigenvalue weighted by Crippen LogP contribution is -1.80. The van der Waals surface area contributed by atoms with E-state index in [0.29, 0.717) is 20.7 Å². The lowest BCUT2D eigenvalue weighted by Gasteiger charge is -1.99. The number of rotatable bonds is 1. The molecule has 0 N–H and O–H groups in total. The summed E-state index contributed by atoms with van der Waals surface area (Å²) in [7, 11) is 0. The van der Waals surface area contributed by atoms with Crippen molar-refractivity contribution in [2.45, 2.75) is 13.3 Å². The number of furan rings is 1. The zero-order chi connectivity index (χ0) is 12.9. The number of aryl methyl sites for hydroxylation is 1. The summed E-state index contributed by atoms with van der Waals surface area (Å²) in [4.78, 5) is 0. The Morgan fingerprint density at radius 2 is 1.72 bits per heavy atom. The second-order valence-corrected chi connectivity index (χ2v) is 5.44. The molecule has 1 nitrogen and oxygen atoms in total. The van der Waals surface area contributed by atoms with Crippen LogP contribution in [0, 0.1) is 0 Å². The zero-order valence-electron chi connectivity index (χ0n) is 9.56. The van der Waals surface area contributed by atoms with Crippen LogP contribution in [0.5, 0.6) is 0 Å². The highest BCUT2D eigenvalue weighted by atomic mass is 35.5. The van der Waals surface area contributed by atoms with Crippen molar-refractivity contribution in [2.24, 2.45) is 0 Å². The van der Waals surface area contributed by atoms with E-state index < -0.39 is 0 Å². The van der Waals surface area contributed by atoms with Crippen molar-refractivity contribution in [3.8, 4) is 0 Å². The normalized spacial score (nSPS) is 11.6. The second kappa shape index (κ2) is 4.34. The van der Waals surface area contributed by atoms with E-state index in [2.05, 4.69) is 6.92 Å². The number of benzene rings is 2. The molecule has 0 atom stereocenters. The van der Waals surface area contributed by atoms with Crippen LogP contribution in [-0.4, -0.2) is 0 Å². The number of halogens is 3. The van der Waals surface area contributed by atoms with Crippen molar-refractivity contribution in [3.05, 3.63) is 44.9 Å². The first kappa shape index (κ1) is 12.2. The van der Waals surface area contributed by atoms with Crippen molar-refractivity contribution >= 4 is 56.7 Å². The maximum atomic E-state index is 6.24. The molecule has 18 heavy (non-hydrogen) atoms. The van der Waals surface area contributed by atoms with E-state index in [1.165, 1.54) is 0 Å². The third kappa shape index (κ3) is 1.78. The standard InChI is InChI=1S/C14H9Cl3O/c1-2-7-3-8(15)4-10-13-11(17)5-9(16)6-12(13)18-14(7)10/h3-6H,2H2,1H3. The van der Waals surface area contributed by atoms with Crippen LogP contribution in [0.1, 0.15) is 12.5 Å². The molecule has 3 aromatic rings. The van der Waals surface area contributed by atoms with Gasteiger partial charge in [-0.25, -0.2) is 0 Å². The van der Waals surface area contributed by atoms with E-state index in [1.54, 1.807) is 12.1 Å². The molecule has 0 spiro atoms. The van der Waals surface area contributed by atoms with E-state index in [-0.39, 0.29) is 0 Å². The summed E-state index contributed by atoms with van der Waals surface area (Å²) in [5, 5.41) is 3.65. The Hall–Kier alpha value is -0.890. The molecule has 0 bridgehead atoms. The van der Waals surface area contributed by atoms with Gasteiger partial charge < -0.3 is 4.42 Å². The average molecular weight is 300 g/mol. The molecule has 92 valence electrons. The van der Waals surface area contributed by atoms with Crippen LogP contribution in [0.25, 0.3) is 21.9 Å². The molecule has 0 saturated heterocycles. The predicted octanol–water partition coefficient (Wildman–Crippen LogP) is 6.11. The molecule has 0 amide bonds. The summed E-state index contributed by atoms with van der Waals surface area (Å²) in [5.74, 6) is 0. The summed E-state index contributed by atoms with van der Waals surface area (Å²) in [6.45, 7) is 2.06. The number of hydrogen-bond donors (Lipinski definition) is 0. The molecule has 0 aliphatic rings. The Labute approximate surface area is 119 Å². The van der Waals surface area contributed by atoms with Crippen molar-refractivity contribution in [1.29, 1.82) is 0 Å². The minimum Gasteiger partial charge on any atom is -0.456 e. The molecule has 3 rings (SSSR count). The van der Waals surface area contributed by atoms with Crippen LogP contribution < -0.4 is 0 Å². The molecule has 2 aromatic carbocycles. The molecular formula is C14H9Cl3O. The van der Waals surface area contributed by atoms with Crippen LogP contribution in [-0.2, 0) is 6.42 Å². The van der Waals surface area contributed by atoms with Crippen molar-refractivity contribution in [1.82, 2.24) is 0 Å². The van der Waals surface area contributed by atoms with Gasteiger partial charge in [0.1, 0.15) is 11.2 Å². The molecule has 0 aliphatic heterocycles. The third-order valence-electron chi connectivity index (χ3n) is 3.01. The topological polar surface area (TPSA) is 13.1 Å². The fraction of sp³-hybridized carbons (Fsp3) is 0.143. The highest BCUT2D eigenvalue weighted by Crippen LogP contribution is 2.38. The molecular weight excluding hydrogens is 291 g/mol. The van der Waals surface area contributed by atoms with Gasteiger partial charge in [0, 0.05) is 26.9 Å². The fourth-order valence-corrected chi connectivity index (χ4v) is 3.04.